The molecule has 1 N–H and O–H groups in total. The molecule has 0 amide bonds. The third-order valence-electron chi connectivity index (χ3n) is 3.44. The second kappa shape index (κ2) is 6.63. The minimum atomic E-state index is -0.963. The minimum absolute atomic E-state index is 0.154. The zero-order valence-corrected chi connectivity index (χ0v) is 11.2. The zero-order chi connectivity index (χ0) is 13.7. The van der Waals surface area contributed by atoms with Crippen molar-refractivity contribution in [3.05, 3.63) is 29.6 Å². The highest BCUT2D eigenvalue weighted by atomic mass is 16.5. The van der Waals surface area contributed by atoms with E-state index in [-0.39, 0.29) is 5.69 Å². The summed E-state index contributed by atoms with van der Waals surface area (Å²) in [5, 5.41) is 9.10. The molecule has 1 saturated heterocycles. The molecular weight excluding hydrogens is 244 g/mol. The van der Waals surface area contributed by atoms with Gasteiger partial charge in [-0.3, -0.25) is 0 Å². The van der Waals surface area contributed by atoms with Crippen LogP contribution in [0.2, 0.25) is 0 Å². The average Bonchev–Trinajstić information content (AvgIpc) is 2.40. The van der Waals surface area contributed by atoms with Crippen LogP contribution in [0, 0.1) is 5.92 Å². The van der Waals surface area contributed by atoms with Crippen LogP contribution in [0.1, 0.15) is 28.9 Å². The Balaban J connectivity index is 1.94. The predicted molar refractivity (Wildman–Crippen MR) is 71.1 cm³/mol. The van der Waals surface area contributed by atoms with Crippen LogP contribution in [0.3, 0.4) is 0 Å². The van der Waals surface area contributed by atoms with E-state index >= 15 is 0 Å². The van der Waals surface area contributed by atoms with Crippen LogP contribution >= 0.6 is 0 Å². The van der Waals surface area contributed by atoms with Crippen molar-refractivity contribution in [1.82, 2.24) is 9.88 Å². The number of aromatic carboxylic acids is 1. The first kappa shape index (κ1) is 14.0. The van der Waals surface area contributed by atoms with Crippen LogP contribution in [0.5, 0.6) is 0 Å². The smallest absolute Gasteiger partial charge is 0.354 e. The summed E-state index contributed by atoms with van der Waals surface area (Å²) < 4.78 is 5.34. The van der Waals surface area contributed by atoms with Gasteiger partial charge in [0.25, 0.3) is 0 Å². The van der Waals surface area contributed by atoms with E-state index in [9.17, 15) is 4.79 Å². The van der Waals surface area contributed by atoms with Crippen LogP contribution in [0.15, 0.2) is 18.3 Å². The van der Waals surface area contributed by atoms with E-state index in [2.05, 4.69) is 9.88 Å². The molecular formula is C14H20N2O3. The fourth-order valence-corrected chi connectivity index (χ4v) is 2.48. The molecule has 0 aliphatic carbocycles. The SMILES string of the molecule is CN(Cc1cccnc1C(=O)O)CC1CCOCC1. The van der Waals surface area contributed by atoms with Crippen molar-refractivity contribution >= 4 is 5.97 Å². The highest BCUT2D eigenvalue weighted by molar-refractivity contribution is 5.86. The van der Waals surface area contributed by atoms with E-state index < -0.39 is 5.97 Å². The molecule has 1 aromatic heterocycles. The normalized spacial score (nSPS) is 16.7. The highest BCUT2D eigenvalue weighted by Gasteiger charge is 2.17. The van der Waals surface area contributed by atoms with Gasteiger partial charge in [-0.15, -0.1) is 0 Å². The number of nitrogens with zero attached hydrogens (tertiary/aromatic N) is 2. The van der Waals surface area contributed by atoms with E-state index in [4.69, 9.17) is 9.84 Å². The number of ether oxygens (including phenoxy) is 1. The Morgan fingerprint density at radius 3 is 2.95 bits per heavy atom. The molecule has 2 heterocycles. The summed E-state index contributed by atoms with van der Waals surface area (Å²) in [5.74, 6) is -0.321. The number of pyridine rings is 1. The van der Waals surface area contributed by atoms with Gasteiger partial charge in [0.05, 0.1) is 0 Å². The summed E-state index contributed by atoms with van der Waals surface area (Å²) in [5.41, 5.74) is 0.922. The van der Waals surface area contributed by atoms with E-state index in [1.54, 1.807) is 6.07 Å². The maximum Gasteiger partial charge on any atom is 0.354 e. The Hall–Kier alpha value is -1.46. The van der Waals surface area contributed by atoms with Crippen molar-refractivity contribution < 1.29 is 14.6 Å². The molecule has 104 valence electrons. The van der Waals surface area contributed by atoms with Gasteiger partial charge in [-0.05, 0) is 37.4 Å². The number of hydrogen-bond acceptors (Lipinski definition) is 4. The maximum atomic E-state index is 11.1. The lowest BCUT2D eigenvalue weighted by atomic mass is 9.99. The largest absolute Gasteiger partial charge is 0.477 e. The van der Waals surface area contributed by atoms with Gasteiger partial charge in [0.15, 0.2) is 5.69 Å². The van der Waals surface area contributed by atoms with Gasteiger partial charge in [-0.2, -0.15) is 0 Å². The molecule has 1 aromatic rings. The molecule has 0 radical (unpaired) electrons. The van der Waals surface area contributed by atoms with Crippen LogP contribution < -0.4 is 0 Å². The van der Waals surface area contributed by atoms with Crippen molar-refractivity contribution in [2.45, 2.75) is 19.4 Å². The molecule has 0 saturated carbocycles. The van der Waals surface area contributed by atoms with Crippen LogP contribution in [0.25, 0.3) is 0 Å². The third kappa shape index (κ3) is 4.01. The number of carboxylic acids is 1. The fourth-order valence-electron chi connectivity index (χ4n) is 2.48. The lowest BCUT2D eigenvalue weighted by Gasteiger charge is -2.27. The number of carbonyl (C=O) groups is 1. The van der Waals surface area contributed by atoms with Crippen molar-refractivity contribution in [3.8, 4) is 0 Å². The van der Waals surface area contributed by atoms with Crippen LogP contribution in [0.4, 0.5) is 0 Å². The minimum Gasteiger partial charge on any atom is -0.477 e. The molecule has 19 heavy (non-hydrogen) atoms. The standard InChI is InChI=1S/C14H20N2O3/c1-16(9-11-4-7-19-8-5-11)10-12-3-2-6-15-13(12)14(17)18/h2-3,6,11H,4-5,7-10H2,1H3,(H,17,18). The second-order valence-corrected chi connectivity index (χ2v) is 5.07. The first-order valence-electron chi connectivity index (χ1n) is 6.60. The van der Waals surface area contributed by atoms with Gasteiger partial charge < -0.3 is 14.7 Å². The Morgan fingerprint density at radius 1 is 1.53 bits per heavy atom. The summed E-state index contributed by atoms with van der Waals surface area (Å²) in [7, 11) is 2.02. The first-order chi connectivity index (χ1) is 9.16. The van der Waals surface area contributed by atoms with Crippen molar-refractivity contribution in [2.75, 3.05) is 26.8 Å². The highest BCUT2D eigenvalue weighted by Crippen LogP contribution is 2.17. The summed E-state index contributed by atoms with van der Waals surface area (Å²) in [4.78, 5) is 17.2. The Bertz CT molecular complexity index is 430. The van der Waals surface area contributed by atoms with Crippen molar-refractivity contribution in [2.24, 2.45) is 5.92 Å². The van der Waals surface area contributed by atoms with Gasteiger partial charge in [-0.25, -0.2) is 9.78 Å². The summed E-state index contributed by atoms with van der Waals surface area (Å²) in [6.07, 6.45) is 3.69. The molecule has 1 fully saturated rings. The van der Waals surface area contributed by atoms with Gasteiger partial charge in [0, 0.05) is 32.5 Å². The fraction of sp³-hybridized carbons (Fsp3) is 0.571. The average molecular weight is 264 g/mol. The monoisotopic (exact) mass is 264 g/mol. The van der Waals surface area contributed by atoms with Crippen molar-refractivity contribution in [1.29, 1.82) is 0 Å². The molecule has 0 aromatic carbocycles. The quantitative estimate of drug-likeness (QED) is 0.876. The lowest BCUT2D eigenvalue weighted by Crippen LogP contribution is -2.29. The molecule has 1 aliphatic rings. The molecule has 5 heteroatoms. The Morgan fingerprint density at radius 2 is 2.26 bits per heavy atom. The number of hydrogen-bond donors (Lipinski definition) is 1. The van der Waals surface area contributed by atoms with E-state index in [1.807, 2.05) is 13.1 Å². The van der Waals surface area contributed by atoms with Crippen LogP contribution in [-0.2, 0) is 11.3 Å². The number of rotatable bonds is 5. The zero-order valence-electron chi connectivity index (χ0n) is 11.2. The van der Waals surface area contributed by atoms with E-state index in [1.165, 1.54) is 6.20 Å². The summed E-state index contributed by atoms with van der Waals surface area (Å²) >= 11 is 0. The first-order valence-corrected chi connectivity index (χ1v) is 6.60. The van der Waals surface area contributed by atoms with E-state index in [0.717, 1.165) is 38.2 Å². The molecule has 5 nitrogen and oxygen atoms in total. The van der Waals surface area contributed by atoms with Crippen LogP contribution in [-0.4, -0.2) is 47.8 Å². The molecule has 2 rings (SSSR count). The molecule has 0 unspecified atom stereocenters. The molecule has 1 aliphatic heterocycles. The maximum absolute atomic E-state index is 11.1. The third-order valence-corrected chi connectivity index (χ3v) is 3.44. The van der Waals surface area contributed by atoms with Crippen molar-refractivity contribution in [3.63, 3.8) is 0 Å². The Kier molecular flexibility index (Phi) is 4.87. The van der Waals surface area contributed by atoms with Gasteiger partial charge in [0.1, 0.15) is 0 Å². The van der Waals surface area contributed by atoms with E-state index in [0.29, 0.717) is 12.5 Å². The van der Waals surface area contributed by atoms with Gasteiger partial charge in [0.2, 0.25) is 0 Å². The Labute approximate surface area is 113 Å². The number of carboxylic acid groups (broad SMARTS) is 1. The second-order valence-electron chi connectivity index (χ2n) is 5.07. The topological polar surface area (TPSA) is 62.7 Å². The molecule has 0 spiro atoms. The van der Waals surface area contributed by atoms with Gasteiger partial charge in [-0.1, -0.05) is 6.07 Å². The summed E-state index contributed by atoms with van der Waals surface area (Å²) in [6, 6.07) is 3.61. The molecule has 0 atom stereocenters. The molecule has 0 bridgehead atoms. The lowest BCUT2D eigenvalue weighted by molar-refractivity contribution is 0.0548. The number of aromatic nitrogens is 1. The predicted octanol–water partition coefficient (Wildman–Crippen LogP) is 1.64. The van der Waals surface area contributed by atoms with Gasteiger partial charge >= 0.3 is 5.97 Å². The summed E-state index contributed by atoms with van der Waals surface area (Å²) in [6.45, 7) is 3.27.